The van der Waals surface area contributed by atoms with Crippen LogP contribution in [0.5, 0.6) is 0 Å². The fourth-order valence-corrected chi connectivity index (χ4v) is 1.31. The highest BCUT2D eigenvalue weighted by atomic mass is 35.5. The topological polar surface area (TPSA) is 55.1 Å². The van der Waals surface area contributed by atoms with Crippen LogP contribution < -0.4 is 11.1 Å². The van der Waals surface area contributed by atoms with Gasteiger partial charge in [-0.3, -0.25) is 4.79 Å². The zero-order valence-corrected chi connectivity index (χ0v) is 9.42. The highest BCUT2D eigenvalue weighted by Crippen LogP contribution is 2.14. The van der Waals surface area contributed by atoms with Gasteiger partial charge in [0.15, 0.2) is 0 Å². The van der Waals surface area contributed by atoms with Gasteiger partial charge in [0.2, 0.25) is 5.91 Å². The molecule has 0 radical (unpaired) electrons. The maximum absolute atomic E-state index is 11.6. The molecule has 0 bridgehead atoms. The second kappa shape index (κ2) is 5.73. The minimum Gasteiger partial charge on any atom is -0.330 e. The Hall–Kier alpha value is -1.06. The number of nitrogens with two attached hydrogens (primary N) is 1. The number of benzene rings is 1. The van der Waals surface area contributed by atoms with Crippen molar-refractivity contribution < 1.29 is 4.79 Å². The maximum Gasteiger partial charge on any atom is 0.227 e. The van der Waals surface area contributed by atoms with Crippen molar-refractivity contribution in [3.63, 3.8) is 0 Å². The second-order valence-electron chi connectivity index (χ2n) is 3.47. The summed E-state index contributed by atoms with van der Waals surface area (Å²) in [5.74, 6) is -0.0755. The molecule has 0 fully saturated rings. The summed E-state index contributed by atoms with van der Waals surface area (Å²) in [6.07, 6.45) is 0.694. The molecule has 1 unspecified atom stereocenters. The maximum atomic E-state index is 11.6. The van der Waals surface area contributed by atoms with Gasteiger partial charge in [0.25, 0.3) is 0 Å². The monoisotopic (exact) mass is 226 g/mol. The van der Waals surface area contributed by atoms with Crippen LogP contribution >= 0.6 is 11.6 Å². The molecule has 1 atom stereocenters. The SMILES string of the molecule is CC(CCN)C(=O)Nc1ccc(Cl)cc1. The minimum atomic E-state index is -0.0642. The lowest BCUT2D eigenvalue weighted by atomic mass is 10.1. The summed E-state index contributed by atoms with van der Waals surface area (Å²) >= 11 is 5.73. The Bertz CT molecular complexity index is 324. The standard InChI is InChI=1S/C11H15ClN2O/c1-8(6-7-13)11(15)14-10-4-2-9(12)3-5-10/h2-5,8H,6-7,13H2,1H3,(H,14,15). The van der Waals surface area contributed by atoms with Crippen LogP contribution in [0.4, 0.5) is 5.69 Å². The first-order chi connectivity index (χ1) is 7.13. The van der Waals surface area contributed by atoms with Gasteiger partial charge in [-0.2, -0.15) is 0 Å². The van der Waals surface area contributed by atoms with Crippen molar-refractivity contribution in [3.8, 4) is 0 Å². The normalized spacial score (nSPS) is 12.2. The van der Waals surface area contributed by atoms with Gasteiger partial charge in [0, 0.05) is 16.6 Å². The molecule has 3 N–H and O–H groups in total. The van der Waals surface area contributed by atoms with E-state index in [0.29, 0.717) is 18.0 Å². The number of carbonyl (C=O) groups excluding carboxylic acids is 1. The van der Waals surface area contributed by atoms with E-state index in [0.717, 1.165) is 5.69 Å². The molecule has 1 aromatic carbocycles. The average Bonchev–Trinajstić information content (AvgIpc) is 2.22. The molecule has 0 saturated carbocycles. The molecule has 0 aliphatic carbocycles. The number of amides is 1. The van der Waals surface area contributed by atoms with Crippen molar-refractivity contribution in [1.82, 2.24) is 0 Å². The van der Waals surface area contributed by atoms with Crippen molar-refractivity contribution in [2.75, 3.05) is 11.9 Å². The summed E-state index contributed by atoms with van der Waals surface area (Å²) in [5.41, 5.74) is 6.14. The molecule has 3 nitrogen and oxygen atoms in total. The molecule has 0 aliphatic heterocycles. The van der Waals surface area contributed by atoms with E-state index in [4.69, 9.17) is 17.3 Å². The lowest BCUT2D eigenvalue weighted by Crippen LogP contribution is -2.22. The number of hydrogen-bond donors (Lipinski definition) is 2. The average molecular weight is 227 g/mol. The van der Waals surface area contributed by atoms with E-state index in [1.54, 1.807) is 24.3 Å². The number of nitrogens with one attached hydrogen (secondary N) is 1. The first-order valence-corrected chi connectivity index (χ1v) is 5.27. The minimum absolute atomic E-state index is 0.0113. The van der Waals surface area contributed by atoms with Crippen LogP contribution in [0, 0.1) is 5.92 Å². The molecular weight excluding hydrogens is 212 g/mol. The highest BCUT2D eigenvalue weighted by molar-refractivity contribution is 6.30. The molecule has 15 heavy (non-hydrogen) atoms. The lowest BCUT2D eigenvalue weighted by molar-refractivity contribution is -0.119. The first kappa shape index (κ1) is 12.0. The molecule has 1 amide bonds. The van der Waals surface area contributed by atoms with Crippen molar-refractivity contribution in [2.24, 2.45) is 11.7 Å². The van der Waals surface area contributed by atoms with Gasteiger partial charge in [-0.15, -0.1) is 0 Å². The zero-order valence-electron chi connectivity index (χ0n) is 8.66. The van der Waals surface area contributed by atoms with E-state index in [2.05, 4.69) is 5.32 Å². The Labute approximate surface area is 94.6 Å². The Kier molecular flexibility index (Phi) is 4.59. The molecule has 0 heterocycles. The number of halogens is 1. The van der Waals surface area contributed by atoms with Crippen LogP contribution in [0.25, 0.3) is 0 Å². The number of hydrogen-bond acceptors (Lipinski definition) is 2. The first-order valence-electron chi connectivity index (χ1n) is 4.90. The largest absolute Gasteiger partial charge is 0.330 e. The third kappa shape index (κ3) is 3.90. The lowest BCUT2D eigenvalue weighted by Gasteiger charge is -2.10. The molecule has 0 saturated heterocycles. The second-order valence-corrected chi connectivity index (χ2v) is 3.91. The number of carbonyl (C=O) groups is 1. The Morgan fingerprint density at radius 3 is 2.60 bits per heavy atom. The summed E-state index contributed by atoms with van der Waals surface area (Å²) in [6, 6.07) is 7.03. The van der Waals surface area contributed by atoms with Crippen molar-refractivity contribution in [2.45, 2.75) is 13.3 Å². The van der Waals surface area contributed by atoms with E-state index < -0.39 is 0 Å². The number of rotatable bonds is 4. The van der Waals surface area contributed by atoms with Crippen molar-refractivity contribution in [1.29, 1.82) is 0 Å². The summed E-state index contributed by atoms with van der Waals surface area (Å²) in [5, 5.41) is 3.46. The van der Waals surface area contributed by atoms with E-state index in [1.807, 2.05) is 6.92 Å². The smallest absolute Gasteiger partial charge is 0.227 e. The predicted octanol–water partition coefficient (Wildman–Crippen LogP) is 2.26. The third-order valence-electron chi connectivity index (χ3n) is 2.16. The van der Waals surface area contributed by atoms with E-state index in [9.17, 15) is 4.79 Å². The van der Waals surface area contributed by atoms with Crippen LogP contribution in [-0.4, -0.2) is 12.5 Å². The zero-order chi connectivity index (χ0) is 11.3. The Balaban J connectivity index is 2.54. The van der Waals surface area contributed by atoms with Gasteiger partial charge in [-0.25, -0.2) is 0 Å². The van der Waals surface area contributed by atoms with Gasteiger partial charge in [-0.1, -0.05) is 18.5 Å². The quantitative estimate of drug-likeness (QED) is 0.828. The molecule has 0 spiro atoms. The fraction of sp³-hybridized carbons (Fsp3) is 0.364. The van der Waals surface area contributed by atoms with Crippen LogP contribution in [0.3, 0.4) is 0 Å². The van der Waals surface area contributed by atoms with E-state index >= 15 is 0 Å². The molecule has 1 rings (SSSR count). The van der Waals surface area contributed by atoms with Crippen LogP contribution in [-0.2, 0) is 4.79 Å². The summed E-state index contributed by atoms with van der Waals surface area (Å²) in [4.78, 5) is 11.6. The van der Waals surface area contributed by atoms with Gasteiger partial charge >= 0.3 is 0 Å². The van der Waals surface area contributed by atoms with Crippen molar-refractivity contribution >= 4 is 23.2 Å². The van der Waals surface area contributed by atoms with Crippen LogP contribution in [0.1, 0.15) is 13.3 Å². The van der Waals surface area contributed by atoms with Gasteiger partial charge < -0.3 is 11.1 Å². The Morgan fingerprint density at radius 1 is 1.47 bits per heavy atom. The molecule has 1 aromatic rings. The van der Waals surface area contributed by atoms with E-state index in [1.165, 1.54) is 0 Å². The van der Waals surface area contributed by atoms with Crippen LogP contribution in [0.15, 0.2) is 24.3 Å². The highest BCUT2D eigenvalue weighted by Gasteiger charge is 2.11. The van der Waals surface area contributed by atoms with Gasteiger partial charge in [0.05, 0.1) is 0 Å². The molecule has 0 aromatic heterocycles. The van der Waals surface area contributed by atoms with Crippen molar-refractivity contribution in [3.05, 3.63) is 29.3 Å². The molecule has 0 aliphatic rings. The van der Waals surface area contributed by atoms with Gasteiger partial charge in [-0.05, 0) is 37.2 Å². The summed E-state index contributed by atoms with van der Waals surface area (Å²) in [7, 11) is 0. The van der Waals surface area contributed by atoms with Gasteiger partial charge in [0.1, 0.15) is 0 Å². The molecule has 82 valence electrons. The Morgan fingerprint density at radius 2 is 2.07 bits per heavy atom. The third-order valence-corrected chi connectivity index (χ3v) is 2.41. The predicted molar refractivity (Wildman–Crippen MR) is 62.9 cm³/mol. The summed E-state index contributed by atoms with van der Waals surface area (Å²) in [6.45, 7) is 2.38. The molecule has 4 heteroatoms. The molecular formula is C11H15ClN2O. The van der Waals surface area contributed by atoms with Crippen LogP contribution in [0.2, 0.25) is 5.02 Å². The fourth-order valence-electron chi connectivity index (χ4n) is 1.18. The van der Waals surface area contributed by atoms with E-state index in [-0.39, 0.29) is 11.8 Å². The summed E-state index contributed by atoms with van der Waals surface area (Å²) < 4.78 is 0. The number of anilines is 1.